The number of pyridine rings is 1. The zero-order valence-corrected chi connectivity index (χ0v) is 13.8. The summed E-state index contributed by atoms with van der Waals surface area (Å²) in [6.45, 7) is 2.71. The highest BCUT2D eigenvalue weighted by molar-refractivity contribution is 7.80. The fourth-order valence-corrected chi connectivity index (χ4v) is 2.38. The quantitative estimate of drug-likeness (QED) is 0.643. The summed E-state index contributed by atoms with van der Waals surface area (Å²) in [7, 11) is 0. The smallest absolute Gasteiger partial charge is 0.221 e. The van der Waals surface area contributed by atoms with E-state index in [0.29, 0.717) is 12.4 Å². The molecule has 3 aromatic rings. The van der Waals surface area contributed by atoms with E-state index in [1.165, 1.54) is 5.56 Å². The van der Waals surface area contributed by atoms with Crippen molar-refractivity contribution in [2.75, 3.05) is 5.32 Å². The topological polar surface area (TPSA) is 34.1 Å². The summed E-state index contributed by atoms with van der Waals surface area (Å²) in [4.78, 5) is 5.44. The number of anilines is 1. The first kappa shape index (κ1) is 15.4. The van der Waals surface area contributed by atoms with Gasteiger partial charge in [0.05, 0.1) is 0 Å². The highest BCUT2D eigenvalue weighted by atomic mass is 32.1. The number of aryl methyl sites for hydroxylation is 1. The van der Waals surface area contributed by atoms with Crippen molar-refractivity contribution >= 4 is 18.4 Å². The highest BCUT2D eigenvalue weighted by Gasteiger charge is 2.02. The molecule has 1 N–H and O–H groups in total. The van der Waals surface area contributed by atoms with E-state index in [2.05, 4.69) is 22.9 Å². The van der Waals surface area contributed by atoms with Crippen LogP contribution in [0.4, 0.5) is 5.82 Å². The maximum atomic E-state index is 5.78. The van der Waals surface area contributed by atoms with Crippen LogP contribution in [0, 0.1) is 6.92 Å². The van der Waals surface area contributed by atoms with Crippen LogP contribution in [0.3, 0.4) is 0 Å². The summed E-state index contributed by atoms with van der Waals surface area (Å²) in [5.74, 6) is 2.12. The van der Waals surface area contributed by atoms with Crippen LogP contribution in [-0.4, -0.2) is 4.98 Å². The number of aromatic nitrogens is 1. The van der Waals surface area contributed by atoms with Crippen molar-refractivity contribution in [3.63, 3.8) is 0 Å². The number of thiol groups is 1. The van der Waals surface area contributed by atoms with Crippen LogP contribution in [0.5, 0.6) is 11.6 Å². The van der Waals surface area contributed by atoms with Crippen LogP contribution in [0.2, 0.25) is 0 Å². The van der Waals surface area contributed by atoms with Crippen LogP contribution in [0.25, 0.3) is 0 Å². The first-order chi connectivity index (χ1) is 11.2. The maximum absolute atomic E-state index is 5.78. The zero-order chi connectivity index (χ0) is 16.1. The van der Waals surface area contributed by atoms with E-state index in [0.717, 1.165) is 22.0 Å². The van der Waals surface area contributed by atoms with Gasteiger partial charge in [-0.15, -0.1) is 12.6 Å². The molecule has 2 aromatic carbocycles. The van der Waals surface area contributed by atoms with Gasteiger partial charge in [-0.1, -0.05) is 42.0 Å². The molecule has 3 rings (SSSR count). The SMILES string of the molecule is Cc1ccc(Oc2cccc(NCc3ccccc3S)n2)cc1. The Kier molecular flexibility index (Phi) is 4.83. The number of nitrogens with one attached hydrogen (secondary N) is 1. The van der Waals surface area contributed by atoms with E-state index in [1.807, 2.05) is 73.7 Å². The third-order valence-corrected chi connectivity index (χ3v) is 3.85. The molecule has 0 atom stereocenters. The highest BCUT2D eigenvalue weighted by Crippen LogP contribution is 2.21. The Morgan fingerprint density at radius 2 is 1.74 bits per heavy atom. The molecule has 0 amide bonds. The van der Waals surface area contributed by atoms with Crippen molar-refractivity contribution in [1.82, 2.24) is 4.98 Å². The van der Waals surface area contributed by atoms with Crippen LogP contribution >= 0.6 is 12.6 Å². The van der Waals surface area contributed by atoms with Gasteiger partial charge in [0.1, 0.15) is 11.6 Å². The van der Waals surface area contributed by atoms with Gasteiger partial charge in [0.15, 0.2) is 0 Å². The molecule has 3 nitrogen and oxygen atoms in total. The average Bonchev–Trinajstić information content (AvgIpc) is 2.57. The Morgan fingerprint density at radius 1 is 0.957 bits per heavy atom. The predicted octanol–water partition coefficient (Wildman–Crippen LogP) is 5.08. The van der Waals surface area contributed by atoms with Crippen LogP contribution in [0.15, 0.2) is 71.6 Å². The van der Waals surface area contributed by atoms with Crippen molar-refractivity contribution in [3.8, 4) is 11.6 Å². The van der Waals surface area contributed by atoms with E-state index < -0.39 is 0 Å². The molecule has 0 aliphatic rings. The van der Waals surface area contributed by atoms with Crippen molar-refractivity contribution < 1.29 is 4.74 Å². The van der Waals surface area contributed by atoms with E-state index in [-0.39, 0.29) is 0 Å². The van der Waals surface area contributed by atoms with Gasteiger partial charge in [-0.25, -0.2) is 0 Å². The van der Waals surface area contributed by atoms with Gasteiger partial charge in [0, 0.05) is 17.5 Å². The summed E-state index contributed by atoms with van der Waals surface area (Å²) in [6.07, 6.45) is 0. The Labute approximate surface area is 141 Å². The molecule has 23 heavy (non-hydrogen) atoms. The molecule has 0 aliphatic carbocycles. The Bertz CT molecular complexity index is 787. The third kappa shape index (κ3) is 4.27. The van der Waals surface area contributed by atoms with Crippen LogP contribution < -0.4 is 10.1 Å². The summed E-state index contributed by atoms with van der Waals surface area (Å²) in [6, 6.07) is 21.6. The number of rotatable bonds is 5. The van der Waals surface area contributed by atoms with Crippen molar-refractivity contribution in [2.45, 2.75) is 18.4 Å². The van der Waals surface area contributed by atoms with Crippen LogP contribution in [0.1, 0.15) is 11.1 Å². The maximum Gasteiger partial charge on any atom is 0.221 e. The predicted molar refractivity (Wildman–Crippen MR) is 96.5 cm³/mol. The largest absolute Gasteiger partial charge is 0.439 e. The first-order valence-corrected chi connectivity index (χ1v) is 7.88. The van der Waals surface area contributed by atoms with Crippen LogP contribution in [-0.2, 0) is 6.54 Å². The zero-order valence-electron chi connectivity index (χ0n) is 12.9. The molecule has 0 spiro atoms. The van der Waals surface area contributed by atoms with Gasteiger partial charge in [-0.2, -0.15) is 4.98 Å². The van der Waals surface area contributed by atoms with Crippen molar-refractivity contribution in [2.24, 2.45) is 0 Å². The van der Waals surface area contributed by atoms with Gasteiger partial charge < -0.3 is 10.1 Å². The van der Waals surface area contributed by atoms with Gasteiger partial charge in [-0.3, -0.25) is 0 Å². The average molecular weight is 322 g/mol. The van der Waals surface area contributed by atoms with Gasteiger partial charge in [0.25, 0.3) is 0 Å². The lowest BCUT2D eigenvalue weighted by molar-refractivity contribution is 0.463. The first-order valence-electron chi connectivity index (χ1n) is 7.43. The molecule has 0 aliphatic heterocycles. The number of hydrogen-bond acceptors (Lipinski definition) is 4. The van der Waals surface area contributed by atoms with E-state index in [1.54, 1.807) is 0 Å². The molecule has 4 heteroatoms. The monoisotopic (exact) mass is 322 g/mol. The normalized spacial score (nSPS) is 10.3. The molecule has 0 fully saturated rings. The van der Waals surface area contributed by atoms with E-state index in [9.17, 15) is 0 Å². The lowest BCUT2D eigenvalue weighted by Gasteiger charge is -2.10. The minimum Gasteiger partial charge on any atom is -0.439 e. The van der Waals surface area contributed by atoms with Crippen molar-refractivity contribution in [3.05, 3.63) is 77.9 Å². The summed E-state index contributed by atoms with van der Waals surface area (Å²) < 4.78 is 5.78. The molecule has 116 valence electrons. The molecule has 0 saturated heterocycles. The minimum atomic E-state index is 0.568. The number of ether oxygens (including phenoxy) is 1. The minimum absolute atomic E-state index is 0.568. The lowest BCUT2D eigenvalue weighted by Crippen LogP contribution is -2.02. The van der Waals surface area contributed by atoms with Crippen molar-refractivity contribution in [1.29, 1.82) is 0 Å². The number of nitrogens with zero attached hydrogens (tertiary/aromatic N) is 1. The Morgan fingerprint density at radius 3 is 2.52 bits per heavy atom. The molecular weight excluding hydrogens is 304 g/mol. The van der Waals surface area contributed by atoms with Gasteiger partial charge >= 0.3 is 0 Å². The number of hydrogen-bond donors (Lipinski definition) is 2. The Hall–Kier alpha value is -2.46. The second-order valence-corrected chi connectivity index (χ2v) is 5.74. The third-order valence-electron chi connectivity index (χ3n) is 3.42. The molecule has 1 heterocycles. The fraction of sp³-hybridized carbons (Fsp3) is 0.105. The molecule has 1 aromatic heterocycles. The summed E-state index contributed by atoms with van der Waals surface area (Å²) in [5, 5.41) is 3.30. The van der Waals surface area contributed by atoms with Gasteiger partial charge in [-0.05, 0) is 36.8 Å². The Balaban J connectivity index is 1.67. The number of benzene rings is 2. The standard InChI is InChI=1S/C19H18N2OS/c1-14-9-11-16(12-10-14)22-19-8-4-7-18(21-19)20-13-15-5-2-3-6-17(15)23/h2-12,23H,13H2,1H3,(H,20,21). The molecular formula is C19H18N2OS. The van der Waals surface area contributed by atoms with E-state index in [4.69, 9.17) is 4.74 Å². The second-order valence-electron chi connectivity index (χ2n) is 5.26. The van der Waals surface area contributed by atoms with Gasteiger partial charge in [0.2, 0.25) is 5.88 Å². The molecule has 0 unspecified atom stereocenters. The molecule has 0 bridgehead atoms. The fourth-order valence-electron chi connectivity index (χ4n) is 2.14. The van der Waals surface area contributed by atoms with E-state index >= 15 is 0 Å². The summed E-state index contributed by atoms with van der Waals surface area (Å²) in [5.41, 5.74) is 2.33. The molecule has 0 saturated carbocycles. The second kappa shape index (κ2) is 7.20. The summed E-state index contributed by atoms with van der Waals surface area (Å²) >= 11 is 4.45. The lowest BCUT2D eigenvalue weighted by atomic mass is 10.2. The molecule has 0 radical (unpaired) electrons.